The summed E-state index contributed by atoms with van der Waals surface area (Å²) in [6, 6.07) is 69.0. The van der Waals surface area contributed by atoms with E-state index < -0.39 is 0 Å². The van der Waals surface area contributed by atoms with E-state index in [0.717, 1.165) is 25.0 Å². The first-order valence-electron chi connectivity index (χ1n) is 36.7. The fourth-order valence-corrected chi connectivity index (χ4v) is 25.2. The molecule has 0 radical (unpaired) electrons. The topological polar surface area (TPSA) is 18.5 Å². The van der Waals surface area contributed by atoms with Crippen molar-refractivity contribution < 1.29 is 9.47 Å². The van der Waals surface area contributed by atoms with E-state index in [4.69, 9.17) is 9.47 Å². The van der Waals surface area contributed by atoms with Crippen molar-refractivity contribution in [3.05, 3.63) is 222 Å². The molecule has 470 valence electrons. The molecular weight excluding hydrogens is 1120 g/mol. The number of aryl methyl sites for hydroxylation is 1. The van der Waals surface area contributed by atoms with E-state index in [1.807, 2.05) is 0 Å². The van der Waals surface area contributed by atoms with Crippen molar-refractivity contribution in [1.29, 1.82) is 0 Å². The van der Waals surface area contributed by atoms with E-state index in [-0.39, 0.29) is 55.0 Å². The monoisotopic (exact) mass is 1220 g/mol. The zero-order valence-corrected chi connectivity index (χ0v) is 56.8. The Kier molecular flexibility index (Phi) is 12.6. The van der Waals surface area contributed by atoms with Gasteiger partial charge in [-0.05, 0) is 325 Å². The molecule has 0 saturated heterocycles. The van der Waals surface area contributed by atoms with Crippen LogP contribution >= 0.6 is 0 Å². The maximum Gasteiger partial charge on any atom is 0.240 e. The van der Waals surface area contributed by atoms with Crippen LogP contribution in [0, 0.1) is 39.4 Å². The highest BCUT2D eigenvalue weighted by atomic mass is 16.7. The highest BCUT2D eigenvalue weighted by molar-refractivity contribution is 6.00. The minimum absolute atomic E-state index is 0.0320. The lowest BCUT2D eigenvalue weighted by Crippen LogP contribution is -2.45. The van der Waals surface area contributed by atoms with Crippen molar-refractivity contribution in [3.8, 4) is 83.6 Å². The molecule has 0 heterocycles. The second-order valence-electron chi connectivity index (χ2n) is 32.0. The zero-order valence-electron chi connectivity index (χ0n) is 56.8. The van der Waals surface area contributed by atoms with Crippen LogP contribution in [0.2, 0.25) is 0 Å². The molecule has 6 saturated carbocycles. The van der Waals surface area contributed by atoms with Crippen molar-refractivity contribution >= 4 is 10.8 Å². The van der Waals surface area contributed by atoms with Gasteiger partial charge in [0.2, 0.25) is 6.29 Å². The van der Waals surface area contributed by atoms with Crippen LogP contribution in [0.15, 0.2) is 183 Å². The first kappa shape index (κ1) is 58.2. The molecule has 9 aliphatic rings. The van der Waals surface area contributed by atoms with Gasteiger partial charge in [-0.15, -0.1) is 0 Å². The Bertz CT molecular complexity index is 4520. The normalized spacial score (nSPS) is 30.8. The van der Waals surface area contributed by atoms with Crippen molar-refractivity contribution in [3.63, 3.8) is 0 Å². The predicted molar refractivity (Wildman–Crippen MR) is 387 cm³/mol. The summed E-state index contributed by atoms with van der Waals surface area (Å²) in [5.41, 5.74) is 32.0. The third-order valence-corrected chi connectivity index (χ3v) is 29.5. The molecule has 0 aromatic heterocycles. The van der Waals surface area contributed by atoms with Gasteiger partial charge in [0.1, 0.15) is 5.75 Å². The SMILES string of the molecule is C=COC(CCCC)Oc1ccc(-c2ccc(-c3ccc4c(c3)C3(c5cc(-c6ccc7c(c6)C6(c8cc9c(cc8-7)C7(c8cc(-c%10ccc(C)c%11ccccc%10%11)ccc8-9)C8(CC)CCC7(CC)CC8)C7(CC)CCC6(CC)CC7)ccc5-4)C4(C)CCC3(C)CC4)cc2)cc1. The molecular formula is C91H94O2. The van der Waals surface area contributed by atoms with Crippen molar-refractivity contribution in [2.24, 2.45) is 32.5 Å². The Morgan fingerprint density at radius 2 is 0.731 bits per heavy atom. The van der Waals surface area contributed by atoms with Gasteiger partial charge in [-0.25, -0.2) is 0 Å². The van der Waals surface area contributed by atoms with Gasteiger partial charge in [0, 0.05) is 22.7 Å². The largest absolute Gasteiger partial charge is 0.463 e. The molecule has 3 spiro atoms. The van der Waals surface area contributed by atoms with E-state index >= 15 is 0 Å². The molecule has 1 unspecified atom stereocenters. The number of hydrogen-bond donors (Lipinski definition) is 0. The minimum atomic E-state index is -0.324. The Morgan fingerprint density at radius 3 is 1.17 bits per heavy atom. The van der Waals surface area contributed by atoms with E-state index in [1.165, 1.54) is 187 Å². The number of rotatable bonds is 15. The Balaban J connectivity index is 0.762. The summed E-state index contributed by atoms with van der Waals surface area (Å²) in [4.78, 5) is 0. The number of ether oxygens (including phenoxy) is 2. The third-order valence-electron chi connectivity index (χ3n) is 29.5. The first-order valence-corrected chi connectivity index (χ1v) is 36.7. The van der Waals surface area contributed by atoms with Crippen LogP contribution < -0.4 is 4.74 Å². The molecule has 9 aromatic rings. The molecule has 2 nitrogen and oxygen atoms in total. The van der Waals surface area contributed by atoms with Crippen LogP contribution in [-0.4, -0.2) is 6.29 Å². The molecule has 93 heavy (non-hydrogen) atoms. The van der Waals surface area contributed by atoms with E-state index in [1.54, 1.807) is 50.1 Å². The summed E-state index contributed by atoms with van der Waals surface area (Å²) in [5, 5.41) is 2.74. The lowest BCUT2D eigenvalue weighted by molar-refractivity contribution is -0.0357. The Labute approximate surface area is 554 Å². The lowest BCUT2D eigenvalue weighted by atomic mass is 9.54. The van der Waals surface area contributed by atoms with Gasteiger partial charge in [-0.1, -0.05) is 183 Å². The van der Waals surface area contributed by atoms with Gasteiger partial charge in [-0.2, -0.15) is 0 Å². The number of fused-ring (bicyclic) bond motifs is 10. The van der Waals surface area contributed by atoms with Crippen LogP contribution in [0.4, 0.5) is 0 Å². The van der Waals surface area contributed by atoms with Crippen molar-refractivity contribution in [2.45, 2.75) is 200 Å². The summed E-state index contributed by atoms with van der Waals surface area (Å²) in [6.45, 7) is 23.9. The second-order valence-corrected chi connectivity index (χ2v) is 32.0. The Morgan fingerprint density at radius 1 is 0.376 bits per heavy atom. The maximum atomic E-state index is 6.23. The smallest absolute Gasteiger partial charge is 0.240 e. The average molecular weight is 1220 g/mol. The second kappa shape index (κ2) is 20.1. The molecule has 0 amide bonds. The molecule has 0 N–H and O–H groups in total. The maximum absolute atomic E-state index is 6.23. The van der Waals surface area contributed by atoms with Gasteiger partial charge < -0.3 is 9.47 Å². The minimum Gasteiger partial charge on any atom is -0.463 e. The zero-order chi connectivity index (χ0) is 63.3. The Hall–Kier alpha value is -7.42. The summed E-state index contributed by atoms with van der Waals surface area (Å²) in [7, 11) is 0. The van der Waals surface area contributed by atoms with Crippen LogP contribution in [0.1, 0.15) is 209 Å². The number of benzene rings is 9. The van der Waals surface area contributed by atoms with Gasteiger partial charge in [-0.3, -0.25) is 0 Å². The van der Waals surface area contributed by atoms with Crippen LogP contribution in [0.25, 0.3) is 88.7 Å². The molecule has 9 aromatic carbocycles. The van der Waals surface area contributed by atoms with E-state index in [9.17, 15) is 0 Å². The number of hydrogen-bond acceptors (Lipinski definition) is 2. The molecule has 9 aliphatic carbocycles. The lowest BCUT2D eigenvalue weighted by Gasteiger charge is -2.48. The van der Waals surface area contributed by atoms with Crippen molar-refractivity contribution in [2.75, 3.05) is 0 Å². The van der Waals surface area contributed by atoms with E-state index in [0.29, 0.717) is 0 Å². The summed E-state index contributed by atoms with van der Waals surface area (Å²) >= 11 is 0. The fraction of sp³-hybridized carbons (Fsp3) is 0.407. The highest BCUT2D eigenvalue weighted by Crippen LogP contribution is 2.85. The quantitative estimate of drug-likeness (QED) is 0.0752. The molecule has 6 bridgehead atoms. The van der Waals surface area contributed by atoms with Crippen LogP contribution in [-0.2, 0) is 21.0 Å². The van der Waals surface area contributed by atoms with Crippen molar-refractivity contribution in [1.82, 2.24) is 0 Å². The summed E-state index contributed by atoms with van der Waals surface area (Å²) in [6.07, 6.45) is 24.7. The number of unbranched alkanes of at least 4 members (excludes halogenated alkanes) is 1. The third kappa shape index (κ3) is 6.97. The van der Waals surface area contributed by atoms with Gasteiger partial charge in [0.05, 0.1) is 6.26 Å². The summed E-state index contributed by atoms with van der Waals surface area (Å²) in [5.74, 6) is 0.814. The average Bonchev–Trinajstić information content (AvgIpc) is 1.49. The first-order chi connectivity index (χ1) is 45.2. The summed E-state index contributed by atoms with van der Waals surface area (Å²) < 4.78 is 11.9. The molecule has 1 atom stereocenters. The standard InChI is InChI=1S/C91H94O2/c1-10-16-21-82(92-15-6)93-66-33-27-60(28-34-66)59-23-25-61(26-24-59)62-29-36-70-71-37-30-63(53-77(71)89(76(70)52-62)83(8)40-42-84(89,9)43-41-83)64-31-38-72-74-56-81-75(57-80(74)90(78(72)54-64)85(11-2)44-46-86(90,12-3)47-45-85)73-39-32-65(68-35-22-58(7)67-19-17-18-20-69(67)68)55-79(73)91(81)87(13-4)48-50-88(91,14-5)51-49-87/h15,17-20,22-39,52-57,82H,6,10-14,16,21,40-51H2,1-5,7-9H3. The highest BCUT2D eigenvalue weighted by Gasteiger charge is 2.77. The van der Waals surface area contributed by atoms with Gasteiger partial charge >= 0.3 is 0 Å². The van der Waals surface area contributed by atoms with Crippen LogP contribution in [0.5, 0.6) is 5.75 Å². The fourth-order valence-electron chi connectivity index (χ4n) is 25.2. The molecule has 18 rings (SSSR count). The van der Waals surface area contributed by atoms with E-state index in [2.05, 4.69) is 232 Å². The molecule has 0 aliphatic heterocycles. The van der Waals surface area contributed by atoms with Gasteiger partial charge in [0.15, 0.2) is 0 Å². The molecule has 6 fully saturated rings. The molecule has 2 heteroatoms. The van der Waals surface area contributed by atoms with Crippen LogP contribution in [0.3, 0.4) is 0 Å². The predicted octanol–water partition coefficient (Wildman–Crippen LogP) is 25.0. The van der Waals surface area contributed by atoms with Gasteiger partial charge in [0.25, 0.3) is 0 Å².